The minimum Gasteiger partial charge on any atom is -0.406 e. The Morgan fingerprint density at radius 2 is 1.17 bits per heavy atom. The Hall–Kier alpha value is -5.08. The summed E-state index contributed by atoms with van der Waals surface area (Å²) < 4.78 is 54.0. The van der Waals surface area contributed by atoms with E-state index < -0.39 is 35.6 Å². The largest absolute Gasteiger partial charge is 0.573 e. The molecule has 4 aromatic rings. The molecule has 0 saturated carbocycles. The molecule has 0 N–H and O–H groups in total. The van der Waals surface area contributed by atoms with Gasteiger partial charge >= 0.3 is 29.8 Å². The molecule has 0 bridgehead atoms. The molecule has 244 valence electrons. The van der Waals surface area contributed by atoms with Crippen molar-refractivity contribution >= 4 is 23.7 Å². The molecule has 0 atom stereocenters. The fraction of sp³-hybridized carbons (Fsp3) is 0.360. The van der Waals surface area contributed by atoms with E-state index in [0.717, 1.165) is 21.5 Å². The molecule has 2 aromatic carbocycles. The molecule has 0 radical (unpaired) electrons. The number of hydrogen-bond donors (Lipinski definition) is 0. The van der Waals surface area contributed by atoms with Gasteiger partial charge in [-0.25, -0.2) is 19.2 Å². The summed E-state index contributed by atoms with van der Waals surface area (Å²) in [6.45, 7) is 3.02. The van der Waals surface area contributed by atoms with Gasteiger partial charge in [0.05, 0.1) is 37.8 Å². The summed E-state index contributed by atoms with van der Waals surface area (Å²) in [4.78, 5) is 51.9. The first-order chi connectivity index (χ1) is 22.0. The molecule has 6 rings (SSSR count). The number of halogens is 4. The molecule has 2 fully saturated rings. The molecule has 4 heterocycles. The van der Waals surface area contributed by atoms with E-state index in [1.165, 1.54) is 21.9 Å². The SMILES string of the molecule is O=C(N1CCOCC1)n1nnn(-c2cccc(Cl)c2)c1=O.O=C(N1CCOCC1)n1nnn(-c2cccc(OC(F)(F)F)c2)c1=O. The predicted octanol–water partition coefficient (Wildman–Crippen LogP) is 1.01. The van der Waals surface area contributed by atoms with Gasteiger partial charge in [-0.05, 0) is 51.2 Å². The van der Waals surface area contributed by atoms with Crippen molar-refractivity contribution in [1.82, 2.24) is 49.4 Å². The number of alkyl halides is 3. The van der Waals surface area contributed by atoms with Gasteiger partial charge in [-0.2, -0.15) is 9.36 Å². The number of aromatic nitrogens is 8. The fourth-order valence-corrected chi connectivity index (χ4v) is 4.44. The molecular formula is C25H24ClF3N10O7. The Kier molecular flexibility index (Phi) is 9.78. The second-order valence-electron chi connectivity index (χ2n) is 9.46. The Morgan fingerprint density at radius 1 is 0.717 bits per heavy atom. The van der Waals surface area contributed by atoms with Crippen LogP contribution in [0.25, 0.3) is 11.4 Å². The number of tetrazole rings is 2. The summed E-state index contributed by atoms with van der Waals surface area (Å²) in [7, 11) is 0. The van der Waals surface area contributed by atoms with Gasteiger partial charge in [0.1, 0.15) is 5.75 Å². The maximum absolute atomic E-state index is 12.3. The lowest BCUT2D eigenvalue weighted by Gasteiger charge is -2.25. The third kappa shape index (κ3) is 7.58. The molecule has 46 heavy (non-hydrogen) atoms. The van der Waals surface area contributed by atoms with Crippen molar-refractivity contribution in [3.63, 3.8) is 0 Å². The average molecular weight is 669 g/mol. The number of morpholine rings is 2. The molecule has 2 aromatic heterocycles. The first-order valence-electron chi connectivity index (χ1n) is 13.5. The van der Waals surface area contributed by atoms with Crippen LogP contribution in [0.15, 0.2) is 58.1 Å². The van der Waals surface area contributed by atoms with Gasteiger partial charge < -0.3 is 24.0 Å². The number of rotatable bonds is 3. The van der Waals surface area contributed by atoms with E-state index in [4.69, 9.17) is 21.1 Å². The molecule has 21 heteroatoms. The number of hydrogen-bond acceptors (Lipinski definition) is 11. The van der Waals surface area contributed by atoms with Crippen LogP contribution in [0.1, 0.15) is 0 Å². The summed E-state index contributed by atoms with van der Waals surface area (Å²) in [5.74, 6) is -0.522. The van der Waals surface area contributed by atoms with Crippen LogP contribution in [-0.4, -0.2) is 120 Å². The second-order valence-corrected chi connectivity index (χ2v) is 9.90. The number of amides is 2. The van der Waals surface area contributed by atoms with Gasteiger partial charge in [0, 0.05) is 37.3 Å². The molecule has 2 aliphatic rings. The first kappa shape index (κ1) is 32.3. The van der Waals surface area contributed by atoms with E-state index in [1.807, 2.05) is 0 Å². The Bertz CT molecular complexity index is 1810. The maximum Gasteiger partial charge on any atom is 0.573 e. The van der Waals surface area contributed by atoms with Crippen molar-refractivity contribution in [2.24, 2.45) is 0 Å². The van der Waals surface area contributed by atoms with Crippen LogP contribution < -0.4 is 16.1 Å². The number of nitrogens with zero attached hydrogens (tertiary/aromatic N) is 10. The third-order valence-electron chi connectivity index (χ3n) is 6.44. The van der Waals surface area contributed by atoms with E-state index in [2.05, 4.69) is 25.6 Å². The van der Waals surface area contributed by atoms with Gasteiger partial charge in [-0.3, -0.25) is 0 Å². The molecular weight excluding hydrogens is 645 g/mol. The Labute approximate surface area is 260 Å². The highest BCUT2D eigenvalue weighted by Gasteiger charge is 2.31. The molecule has 17 nitrogen and oxygen atoms in total. The van der Waals surface area contributed by atoms with Crippen molar-refractivity contribution in [3.8, 4) is 17.1 Å². The van der Waals surface area contributed by atoms with Crippen LogP contribution in [0.5, 0.6) is 5.75 Å². The second kappa shape index (κ2) is 13.9. The van der Waals surface area contributed by atoms with Crippen molar-refractivity contribution in [2.45, 2.75) is 6.36 Å². The minimum absolute atomic E-state index is 0.0206. The van der Waals surface area contributed by atoms with Gasteiger partial charge in [-0.1, -0.05) is 23.7 Å². The topological polar surface area (TPSA) is 174 Å². The highest BCUT2D eigenvalue weighted by Crippen LogP contribution is 2.24. The Balaban J connectivity index is 0.000000184. The van der Waals surface area contributed by atoms with Crippen molar-refractivity contribution in [2.75, 3.05) is 52.6 Å². The zero-order valence-electron chi connectivity index (χ0n) is 23.6. The lowest BCUT2D eigenvalue weighted by Crippen LogP contribution is -2.46. The minimum atomic E-state index is -4.87. The zero-order valence-corrected chi connectivity index (χ0v) is 24.4. The van der Waals surface area contributed by atoms with Crippen molar-refractivity contribution < 1.29 is 37.0 Å². The smallest absolute Gasteiger partial charge is 0.406 e. The molecule has 2 amide bonds. The van der Waals surface area contributed by atoms with E-state index >= 15 is 0 Å². The standard InChI is InChI=1S/C13H12F3N5O4.C12H12ClN5O3/c14-13(15,16)25-10-3-1-2-9(8-10)20-12(23)21(18-17-20)11(22)19-4-6-24-7-5-19;13-9-2-1-3-10(8-9)17-12(20)18(15-14-17)11(19)16-4-6-21-7-5-16/h1-3,8H,4-7H2;1-3,8H,4-7H2. The van der Waals surface area contributed by atoms with Crippen LogP contribution in [0.4, 0.5) is 22.8 Å². The maximum atomic E-state index is 12.3. The van der Waals surface area contributed by atoms with Gasteiger partial charge in [0.15, 0.2) is 0 Å². The van der Waals surface area contributed by atoms with E-state index in [-0.39, 0.29) is 5.69 Å². The Morgan fingerprint density at radius 3 is 1.63 bits per heavy atom. The van der Waals surface area contributed by atoms with Gasteiger partial charge in [0.2, 0.25) is 0 Å². The molecule has 0 spiro atoms. The van der Waals surface area contributed by atoms with Crippen LogP contribution in [-0.2, 0) is 9.47 Å². The lowest BCUT2D eigenvalue weighted by atomic mass is 10.3. The summed E-state index contributed by atoms with van der Waals surface area (Å²) >= 11 is 5.88. The van der Waals surface area contributed by atoms with Gasteiger partial charge in [0.25, 0.3) is 0 Å². The fourth-order valence-electron chi connectivity index (χ4n) is 4.25. The number of carbonyl (C=O) groups excluding carboxylic acids is 2. The van der Waals surface area contributed by atoms with Crippen molar-refractivity contribution in [3.05, 3.63) is 74.5 Å². The molecule has 0 aliphatic carbocycles. The van der Waals surface area contributed by atoms with Crippen molar-refractivity contribution in [1.29, 1.82) is 0 Å². The zero-order chi connectivity index (χ0) is 32.8. The summed E-state index contributed by atoms with van der Waals surface area (Å²) in [5, 5.41) is 14.9. The van der Waals surface area contributed by atoms with Crippen LogP contribution >= 0.6 is 11.6 Å². The first-order valence-corrected chi connectivity index (χ1v) is 13.9. The third-order valence-corrected chi connectivity index (χ3v) is 6.67. The summed E-state index contributed by atoms with van der Waals surface area (Å²) in [6, 6.07) is 10.0. The highest BCUT2D eigenvalue weighted by atomic mass is 35.5. The van der Waals surface area contributed by atoms with Crippen LogP contribution in [0.3, 0.4) is 0 Å². The van der Waals surface area contributed by atoms with E-state index in [1.54, 1.807) is 24.3 Å². The molecule has 2 aliphatic heterocycles. The molecule has 0 unspecified atom stereocenters. The molecule has 2 saturated heterocycles. The van der Waals surface area contributed by atoms with Gasteiger partial charge in [-0.15, -0.1) is 22.5 Å². The monoisotopic (exact) mass is 668 g/mol. The lowest BCUT2D eigenvalue weighted by molar-refractivity contribution is -0.274. The van der Waals surface area contributed by atoms with E-state index in [9.17, 15) is 32.3 Å². The van der Waals surface area contributed by atoms with E-state index in [0.29, 0.717) is 72.7 Å². The van der Waals surface area contributed by atoms with Crippen LogP contribution in [0, 0.1) is 0 Å². The van der Waals surface area contributed by atoms with Crippen LogP contribution in [0.2, 0.25) is 5.02 Å². The summed E-state index contributed by atoms with van der Waals surface area (Å²) in [5.41, 5.74) is -1.10. The average Bonchev–Trinajstić information content (AvgIpc) is 3.63. The summed E-state index contributed by atoms with van der Waals surface area (Å²) in [6.07, 6.45) is -4.87. The number of carbonyl (C=O) groups is 2. The quantitative estimate of drug-likeness (QED) is 0.285. The predicted molar refractivity (Wildman–Crippen MR) is 149 cm³/mol. The number of ether oxygens (including phenoxy) is 3. The number of benzene rings is 2. The highest BCUT2D eigenvalue weighted by molar-refractivity contribution is 6.30. The normalized spacial score (nSPS) is 15.2.